The second-order valence-corrected chi connectivity index (χ2v) is 5.74. The highest BCUT2D eigenvalue weighted by molar-refractivity contribution is 5.98. The van der Waals surface area contributed by atoms with Gasteiger partial charge in [-0.25, -0.2) is 9.97 Å². The van der Waals surface area contributed by atoms with Gasteiger partial charge in [-0.3, -0.25) is 9.78 Å². The average molecular weight is 299 g/mol. The van der Waals surface area contributed by atoms with Crippen molar-refractivity contribution < 1.29 is 9.90 Å². The Morgan fingerprint density at radius 2 is 2.00 bits per heavy atom. The second-order valence-electron chi connectivity index (χ2n) is 5.74. The number of anilines is 2. The Morgan fingerprint density at radius 1 is 1.23 bits per heavy atom. The van der Waals surface area contributed by atoms with Crippen molar-refractivity contribution in [1.29, 1.82) is 0 Å². The van der Waals surface area contributed by atoms with Gasteiger partial charge in [0, 0.05) is 11.3 Å². The van der Waals surface area contributed by atoms with E-state index in [-0.39, 0.29) is 12.5 Å². The van der Waals surface area contributed by atoms with E-state index in [4.69, 9.17) is 0 Å². The van der Waals surface area contributed by atoms with E-state index in [1.807, 2.05) is 13.0 Å². The van der Waals surface area contributed by atoms with E-state index in [1.54, 1.807) is 26.1 Å². The Morgan fingerprint density at radius 3 is 2.68 bits per heavy atom. The monoisotopic (exact) mass is 299 g/mol. The van der Waals surface area contributed by atoms with E-state index in [0.717, 1.165) is 11.3 Å². The van der Waals surface area contributed by atoms with Crippen LogP contribution in [0.3, 0.4) is 0 Å². The molecule has 0 aromatic carbocycles. The first-order chi connectivity index (χ1) is 10.3. The maximum atomic E-state index is 11.3. The van der Waals surface area contributed by atoms with Gasteiger partial charge >= 0.3 is 0 Å². The zero-order chi connectivity index (χ0) is 15.9. The third kappa shape index (κ3) is 2.62. The molecule has 2 aromatic rings. The maximum Gasteiger partial charge on any atom is 0.244 e. The molecular formula is C15H17N5O2. The lowest BCUT2D eigenvalue weighted by Gasteiger charge is -2.19. The van der Waals surface area contributed by atoms with Crippen molar-refractivity contribution in [3.63, 3.8) is 0 Å². The highest BCUT2D eigenvalue weighted by atomic mass is 16.3. The van der Waals surface area contributed by atoms with Crippen LogP contribution in [0.4, 0.5) is 11.6 Å². The van der Waals surface area contributed by atoms with E-state index in [9.17, 15) is 9.90 Å². The van der Waals surface area contributed by atoms with Gasteiger partial charge in [0.15, 0.2) is 11.6 Å². The molecule has 1 aliphatic heterocycles. The molecule has 114 valence electrons. The fourth-order valence-corrected chi connectivity index (χ4v) is 2.25. The molecule has 2 aromatic heterocycles. The van der Waals surface area contributed by atoms with Crippen molar-refractivity contribution in [1.82, 2.24) is 15.0 Å². The van der Waals surface area contributed by atoms with Gasteiger partial charge in [-0.2, -0.15) is 0 Å². The highest BCUT2D eigenvalue weighted by Gasteiger charge is 2.21. The molecule has 3 heterocycles. The first-order valence-electron chi connectivity index (χ1n) is 6.96. The Kier molecular flexibility index (Phi) is 3.29. The minimum Gasteiger partial charge on any atom is -0.384 e. The molecule has 7 heteroatoms. The van der Waals surface area contributed by atoms with E-state index in [1.165, 1.54) is 0 Å². The fourth-order valence-electron chi connectivity index (χ4n) is 2.25. The molecule has 3 N–H and O–H groups in total. The van der Waals surface area contributed by atoms with Gasteiger partial charge in [0.05, 0.1) is 24.1 Å². The summed E-state index contributed by atoms with van der Waals surface area (Å²) in [6.07, 6.45) is 1.60. The van der Waals surface area contributed by atoms with Gasteiger partial charge in [-0.15, -0.1) is 0 Å². The molecule has 0 atom stereocenters. The Hall–Kier alpha value is -2.54. The smallest absolute Gasteiger partial charge is 0.244 e. The summed E-state index contributed by atoms with van der Waals surface area (Å²) in [5, 5.41) is 15.6. The molecule has 0 saturated heterocycles. The Bertz CT molecular complexity index is 752. The molecule has 0 aliphatic carbocycles. The standard InChI is InChI=1S/C15H17N5O2/c1-8-9(4-5-11(18-8)15(2,3)22)10-6-16-14-13(19-10)17-7-12(21)20-14/h4-6,22H,7H2,1-3H3,(H,17,19)(H,16,20,21). The van der Waals surface area contributed by atoms with Gasteiger partial charge in [0.1, 0.15) is 5.60 Å². The number of carbonyl (C=O) groups is 1. The SMILES string of the molecule is Cc1nc(C(C)(C)O)ccc1-c1cnc2c(n1)NCC(=O)N2. The molecule has 0 unspecified atom stereocenters. The zero-order valence-electron chi connectivity index (χ0n) is 12.6. The maximum absolute atomic E-state index is 11.3. The summed E-state index contributed by atoms with van der Waals surface area (Å²) in [7, 11) is 0. The van der Waals surface area contributed by atoms with E-state index < -0.39 is 5.60 Å². The molecule has 7 nitrogen and oxygen atoms in total. The summed E-state index contributed by atoms with van der Waals surface area (Å²) in [6, 6.07) is 3.64. The van der Waals surface area contributed by atoms with Gasteiger partial charge in [-0.05, 0) is 32.9 Å². The van der Waals surface area contributed by atoms with Crippen LogP contribution < -0.4 is 10.6 Å². The predicted octanol–water partition coefficient (Wildman–Crippen LogP) is 1.44. The van der Waals surface area contributed by atoms with Crippen LogP contribution in [0.15, 0.2) is 18.3 Å². The van der Waals surface area contributed by atoms with Crippen molar-refractivity contribution in [3.05, 3.63) is 29.7 Å². The van der Waals surface area contributed by atoms with Crippen LogP contribution in [-0.2, 0) is 10.4 Å². The molecule has 0 spiro atoms. The minimum absolute atomic E-state index is 0.137. The number of pyridine rings is 1. The lowest BCUT2D eigenvalue weighted by Crippen LogP contribution is -2.28. The first kappa shape index (κ1) is 14.4. The lowest BCUT2D eigenvalue weighted by atomic mass is 10.0. The molecule has 1 aliphatic rings. The van der Waals surface area contributed by atoms with Gasteiger partial charge in [-0.1, -0.05) is 0 Å². The number of aromatic nitrogens is 3. The number of aliphatic hydroxyl groups is 1. The Balaban J connectivity index is 2.00. The number of hydrogen-bond acceptors (Lipinski definition) is 6. The molecule has 22 heavy (non-hydrogen) atoms. The van der Waals surface area contributed by atoms with Crippen molar-refractivity contribution >= 4 is 17.5 Å². The van der Waals surface area contributed by atoms with Crippen LogP contribution in [0.1, 0.15) is 25.2 Å². The van der Waals surface area contributed by atoms with Crippen LogP contribution in [0.25, 0.3) is 11.3 Å². The van der Waals surface area contributed by atoms with Crippen molar-refractivity contribution in [2.75, 3.05) is 17.2 Å². The molecule has 0 radical (unpaired) electrons. The van der Waals surface area contributed by atoms with Crippen molar-refractivity contribution in [2.45, 2.75) is 26.4 Å². The molecule has 3 rings (SSSR count). The van der Waals surface area contributed by atoms with Crippen LogP contribution in [0.2, 0.25) is 0 Å². The first-order valence-corrected chi connectivity index (χ1v) is 6.96. The van der Waals surface area contributed by atoms with Crippen molar-refractivity contribution in [2.24, 2.45) is 0 Å². The molecule has 1 amide bonds. The van der Waals surface area contributed by atoms with Gasteiger partial charge in [0.2, 0.25) is 5.91 Å². The summed E-state index contributed by atoms with van der Waals surface area (Å²) < 4.78 is 0. The summed E-state index contributed by atoms with van der Waals surface area (Å²) in [5.74, 6) is 0.837. The normalized spacial score (nSPS) is 14.1. The fraction of sp³-hybridized carbons (Fsp3) is 0.333. The van der Waals surface area contributed by atoms with Crippen LogP contribution in [0.5, 0.6) is 0 Å². The third-order valence-corrected chi connectivity index (χ3v) is 3.44. The molecule has 0 saturated carbocycles. The lowest BCUT2D eigenvalue weighted by molar-refractivity contribution is -0.114. The topological polar surface area (TPSA) is 100 Å². The van der Waals surface area contributed by atoms with E-state index >= 15 is 0 Å². The number of carbonyl (C=O) groups excluding carboxylic acids is 1. The second kappa shape index (κ2) is 5.03. The number of aryl methyl sites for hydroxylation is 1. The Labute approximate surface area is 127 Å². The molecule has 0 fully saturated rings. The van der Waals surface area contributed by atoms with Crippen LogP contribution >= 0.6 is 0 Å². The number of amides is 1. The number of nitrogens with one attached hydrogen (secondary N) is 2. The van der Waals surface area contributed by atoms with E-state index in [0.29, 0.717) is 23.0 Å². The third-order valence-electron chi connectivity index (χ3n) is 3.44. The largest absolute Gasteiger partial charge is 0.384 e. The summed E-state index contributed by atoms with van der Waals surface area (Å²) in [5.41, 5.74) is 1.87. The number of rotatable bonds is 2. The average Bonchev–Trinajstić information content (AvgIpc) is 2.45. The molecule has 0 bridgehead atoms. The minimum atomic E-state index is -0.989. The predicted molar refractivity (Wildman–Crippen MR) is 82.4 cm³/mol. The number of nitrogens with zero attached hydrogens (tertiary/aromatic N) is 3. The van der Waals surface area contributed by atoms with Gasteiger partial charge < -0.3 is 15.7 Å². The highest BCUT2D eigenvalue weighted by Crippen LogP contribution is 2.27. The van der Waals surface area contributed by atoms with Crippen LogP contribution in [-0.4, -0.2) is 32.5 Å². The van der Waals surface area contributed by atoms with Crippen LogP contribution in [0, 0.1) is 6.92 Å². The zero-order valence-corrected chi connectivity index (χ0v) is 12.6. The van der Waals surface area contributed by atoms with Gasteiger partial charge in [0.25, 0.3) is 0 Å². The number of fused-ring (bicyclic) bond motifs is 1. The summed E-state index contributed by atoms with van der Waals surface area (Å²) in [6.45, 7) is 5.43. The van der Waals surface area contributed by atoms with E-state index in [2.05, 4.69) is 25.6 Å². The van der Waals surface area contributed by atoms with Crippen molar-refractivity contribution in [3.8, 4) is 11.3 Å². The quantitative estimate of drug-likeness (QED) is 0.776. The summed E-state index contributed by atoms with van der Waals surface area (Å²) in [4.78, 5) is 24.4. The molecular weight excluding hydrogens is 282 g/mol. The number of hydrogen-bond donors (Lipinski definition) is 3. The summed E-state index contributed by atoms with van der Waals surface area (Å²) >= 11 is 0.